The van der Waals surface area contributed by atoms with E-state index in [2.05, 4.69) is 47.0 Å². The molecule has 0 saturated heterocycles. The molecule has 0 radical (unpaired) electrons. The monoisotopic (exact) mass is 811 g/mol. The van der Waals surface area contributed by atoms with Crippen molar-refractivity contribution < 1.29 is 12.6 Å². The molecule has 0 fully saturated rings. The summed E-state index contributed by atoms with van der Waals surface area (Å²) in [5.41, 5.74) is 9.08. The highest BCUT2D eigenvalue weighted by Gasteiger charge is 2.23. The van der Waals surface area contributed by atoms with Crippen LogP contribution in [0.3, 0.4) is 0 Å². The van der Waals surface area contributed by atoms with Crippen molar-refractivity contribution in [2.24, 2.45) is 0 Å². The molecular weight excluding hydrogens is 771 g/mol. The van der Waals surface area contributed by atoms with Crippen molar-refractivity contribution in [3.05, 3.63) is 212 Å². The van der Waals surface area contributed by atoms with Gasteiger partial charge in [-0.1, -0.05) is 170 Å². The summed E-state index contributed by atoms with van der Waals surface area (Å²) in [4.78, 5) is 15.6. The number of hydrogen-bond acceptors (Lipinski definition) is 4. The van der Waals surface area contributed by atoms with Crippen LogP contribution in [-0.4, -0.2) is 24.1 Å². The fourth-order valence-electron chi connectivity index (χ4n) is 9.11. The zero-order valence-corrected chi connectivity index (χ0v) is 33.4. The van der Waals surface area contributed by atoms with Crippen LogP contribution >= 0.6 is 0 Å². The van der Waals surface area contributed by atoms with Crippen LogP contribution in [0.4, 0.5) is 0 Å². The molecule has 0 atom stereocenters. The normalized spacial score (nSPS) is 13.1. The highest BCUT2D eigenvalue weighted by atomic mass is 16.3. The van der Waals surface area contributed by atoms with Gasteiger partial charge in [-0.15, -0.1) is 0 Å². The second kappa shape index (κ2) is 14.0. The van der Waals surface area contributed by atoms with Gasteiger partial charge in [0.2, 0.25) is 5.95 Å². The first-order valence-electron chi connectivity index (χ1n) is 23.7. The maximum atomic E-state index is 9.39. The van der Waals surface area contributed by atoms with Crippen molar-refractivity contribution in [2.45, 2.75) is 0 Å². The zero-order chi connectivity index (χ0) is 46.7. The number of rotatable bonds is 6. The molecule has 294 valence electrons. The van der Waals surface area contributed by atoms with Gasteiger partial charge in [0.1, 0.15) is 11.2 Å². The molecule has 0 amide bonds. The van der Waals surface area contributed by atoms with Crippen molar-refractivity contribution in [3.8, 4) is 56.7 Å². The average Bonchev–Trinajstić information content (AvgIpc) is 4.06. The Kier molecular flexibility index (Phi) is 6.56. The third kappa shape index (κ3) is 5.55. The van der Waals surface area contributed by atoms with Crippen LogP contribution in [0, 0.1) is 0 Å². The van der Waals surface area contributed by atoms with E-state index in [4.69, 9.17) is 22.1 Å². The molecule has 9 aromatic carbocycles. The molecule has 13 rings (SSSR count). The second-order valence-corrected chi connectivity index (χ2v) is 15.5. The summed E-state index contributed by atoms with van der Waals surface area (Å²) in [6.45, 7) is 0. The van der Waals surface area contributed by atoms with Crippen LogP contribution in [0.1, 0.15) is 8.22 Å². The van der Waals surface area contributed by atoms with E-state index in [9.17, 15) is 5.48 Å². The number of furan rings is 1. The van der Waals surface area contributed by atoms with Crippen molar-refractivity contribution in [1.82, 2.24) is 24.1 Å². The van der Waals surface area contributed by atoms with Crippen molar-refractivity contribution >= 4 is 65.6 Å². The summed E-state index contributed by atoms with van der Waals surface area (Å²) in [7, 11) is 0. The summed E-state index contributed by atoms with van der Waals surface area (Å²) in [6.07, 6.45) is 0. The molecule has 0 saturated carbocycles. The minimum absolute atomic E-state index is 0.0681. The number of aromatic nitrogens is 5. The van der Waals surface area contributed by atoms with Crippen LogP contribution in [0.25, 0.3) is 122 Å². The van der Waals surface area contributed by atoms with E-state index in [-0.39, 0.29) is 58.1 Å². The summed E-state index contributed by atoms with van der Waals surface area (Å²) < 4.78 is 64.9. The van der Waals surface area contributed by atoms with Gasteiger partial charge in [-0.25, -0.2) is 4.98 Å². The maximum absolute atomic E-state index is 9.39. The average molecular weight is 812 g/mol. The van der Waals surface area contributed by atoms with Gasteiger partial charge in [-0.3, -0.25) is 4.57 Å². The lowest BCUT2D eigenvalue weighted by Gasteiger charge is -2.17. The van der Waals surface area contributed by atoms with Gasteiger partial charge in [-0.05, 0) is 53.5 Å². The predicted octanol–water partition coefficient (Wildman–Crippen LogP) is 14.6. The van der Waals surface area contributed by atoms with Gasteiger partial charge >= 0.3 is 0 Å². The maximum Gasteiger partial charge on any atom is 0.238 e. The Morgan fingerprint density at radius 3 is 1.79 bits per heavy atom. The van der Waals surface area contributed by atoms with Crippen LogP contribution in [-0.2, 0) is 0 Å². The fraction of sp³-hybridized carbons (Fsp3) is 0. The minimum Gasteiger partial charge on any atom is -0.455 e. The molecule has 4 aromatic heterocycles. The lowest BCUT2D eigenvalue weighted by Crippen LogP contribution is -2.07. The molecule has 6 nitrogen and oxygen atoms in total. The highest BCUT2D eigenvalue weighted by Crippen LogP contribution is 2.42. The molecule has 0 aliphatic carbocycles. The molecule has 0 unspecified atom stereocenters. The third-order valence-electron chi connectivity index (χ3n) is 12.0. The van der Waals surface area contributed by atoms with E-state index in [1.807, 2.05) is 121 Å². The van der Waals surface area contributed by atoms with Crippen LogP contribution in [0.15, 0.2) is 217 Å². The van der Waals surface area contributed by atoms with E-state index in [1.54, 1.807) is 4.57 Å². The molecule has 0 N–H and O–H groups in total. The predicted molar refractivity (Wildman–Crippen MR) is 258 cm³/mol. The number of fused-ring (bicyclic) bond motifs is 9. The molecule has 0 aliphatic heterocycles. The molecule has 0 aliphatic rings. The topological polar surface area (TPSA) is 61.7 Å². The largest absolute Gasteiger partial charge is 0.455 e. The minimum atomic E-state index is -0.197. The standard InChI is InChI=1S/C57H35N5O/c1-3-16-36(17-4-1)38-31-33-51-47(34-38)42-22-9-13-28-50(42)62(51)57-59-55(37-18-5-2-6-19-37)58-56(60-57)39-30-32-43(45-24-15-25-46-44-23-10-14-29-53(44)63-54(45)46)52(35-39)61-48-26-11-7-20-40(48)41-21-8-12-27-49(41)61/h1-35H/i7D,8D,20D,21D,26D,27D. The smallest absolute Gasteiger partial charge is 0.238 e. The molecule has 63 heavy (non-hydrogen) atoms. The third-order valence-corrected chi connectivity index (χ3v) is 12.0. The number of benzene rings is 9. The van der Waals surface area contributed by atoms with Gasteiger partial charge in [-0.2, -0.15) is 9.97 Å². The Morgan fingerprint density at radius 2 is 1.02 bits per heavy atom. The van der Waals surface area contributed by atoms with Crippen molar-refractivity contribution in [1.29, 1.82) is 0 Å². The first kappa shape index (κ1) is 29.6. The van der Waals surface area contributed by atoms with Crippen molar-refractivity contribution in [2.75, 3.05) is 0 Å². The van der Waals surface area contributed by atoms with E-state index < -0.39 is 0 Å². The van der Waals surface area contributed by atoms with Gasteiger partial charge in [0, 0.05) is 54.6 Å². The van der Waals surface area contributed by atoms with Crippen molar-refractivity contribution in [3.63, 3.8) is 0 Å². The van der Waals surface area contributed by atoms with E-state index in [1.165, 1.54) is 12.1 Å². The summed E-state index contributed by atoms with van der Waals surface area (Å²) in [6, 6.07) is 56.1. The number of nitrogens with zero attached hydrogens (tertiary/aromatic N) is 5. The molecular formula is C57H35N5O. The molecule has 4 heterocycles. The molecule has 13 aromatic rings. The van der Waals surface area contributed by atoms with Crippen LogP contribution in [0.2, 0.25) is 0 Å². The van der Waals surface area contributed by atoms with Gasteiger partial charge < -0.3 is 8.98 Å². The lowest BCUT2D eigenvalue weighted by atomic mass is 9.98. The quantitative estimate of drug-likeness (QED) is 0.168. The lowest BCUT2D eigenvalue weighted by molar-refractivity contribution is 0.670. The zero-order valence-electron chi connectivity index (χ0n) is 39.4. The van der Waals surface area contributed by atoms with Crippen LogP contribution < -0.4 is 0 Å². The number of para-hydroxylation sites is 5. The van der Waals surface area contributed by atoms with Crippen LogP contribution in [0.5, 0.6) is 0 Å². The summed E-state index contributed by atoms with van der Waals surface area (Å²) >= 11 is 0. The Balaban J connectivity index is 1.13. The second-order valence-electron chi connectivity index (χ2n) is 15.5. The fourth-order valence-corrected chi connectivity index (χ4v) is 9.11. The molecule has 0 bridgehead atoms. The molecule has 6 heteroatoms. The highest BCUT2D eigenvalue weighted by molar-refractivity contribution is 6.13. The van der Waals surface area contributed by atoms with E-state index >= 15 is 0 Å². The number of hydrogen-bond donors (Lipinski definition) is 0. The van der Waals surface area contributed by atoms with Gasteiger partial charge in [0.05, 0.1) is 36.0 Å². The summed E-state index contributed by atoms with van der Waals surface area (Å²) in [5, 5.41) is 4.24. The molecule has 0 spiro atoms. The Hall–Kier alpha value is -8.61. The first-order chi connectivity index (χ1) is 33.7. The Bertz CT molecular complexity index is 4210. The van der Waals surface area contributed by atoms with E-state index in [0.29, 0.717) is 45.6 Å². The first-order valence-corrected chi connectivity index (χ1v) is 20.7. The Morgan fingerprint density at radius 1 is 0.381 bits per heavy atom. The van der Waals surface area contributed by atoms with Gasteiger partial charge in [0.25, 0.3) is 0 Å². The van der Waals surface area contributed by atoms with E-state index in [0.717, 1.165) is 54.8 Å². The van der Waals surface area contributed by atoms with Gasteiger partial charge in [0.15, 0.2) is 11.6 Å². The summed E-state index contributed by atoms with van der Waals surface area (Å²) in [5.74, 6) is 1.20. The SMILES string of the molecule is [2H]c1cc([2H])c2c(c1[2H])c1c([2H])c([2H])cc([2H])c1n2-c1cc(-c2nc(-c3ccccc3)nc(-n3c4ccccc4c4cc(-c5ccccc5)ccc43)n2)ccc1-c1cccc2c1oc1ccccc12. The Labute approximate surface area is 370 Å².